The van der Waals surface area contributed by atoms with Crippen molar-refractivity contribution in [2.75, 3.05) is 11.4 Å². The second-order valence-corrected chi connectivity index (χ2v) is 8.15. The molecule has 1 N–H and O–H groups in total. The molecular weight excluding hydrogens is 340 g/mol. The number of amides is 2. The van der Waals surface area contributed by atoms with Gasteiger partial charge in [0, 0.05) is 19.4 Å². The number of rotatable bonds is 9. The molecule has 0 aromatic heterocycles. The molecule has 0 radical (unpaired) electrons. The highest BCUT2D eigenvalue weighted by Gasteiger charge is 2.30. The Morgan fingerprint density at radius 1 is 1.08 bits per heavy atom. The third kappa shape index (κ3) is 4.89. The van der Waals surface area contributed by atoms with Gasteiger partial charge in [-0.05, 0) is 36.6 Å². The fourth-order valence-electron chi connectivity index (χ4n) is 2.89. The third-order valence-corrected chi connectivity index (χ3v) is 6.00. The zero-order chi connectivity index (χ0) is 18.4. The Kier molecular flexibility index (Phi) is 6.72. The topological polar surface area (TPSA) is 83.6 Å². The second-order valence-electron chi connectivity index (χ2n) is 6.39. The minimum atomic E-state index is -3.60. The molecule has 138 valence electrons. The first kappa shape index (κ1) is 19.6. The largest absolute Gasteiger partial charge is 0.274 e. The highest BCUT2D eigenvalue weighted by molar-refractivity contribution is 7.89. The van der Waals surface area contributed by atoms with Crippen LogP contribution in [0.2, 0.25) is 0 Å². The third-order valence-electron chi connectivity index (χ3n) is 4.56. The van der Waals surface area contributed by atoms with Crippen LogP contribution in [0.25, 0.3) is 0 Å². The van der Waals surface area contributed by atoms with E-state index in [4.69, 9.17) is 0 Å². The summed E-state index contributed by atoms with van der Waals surface area (Å²) in [6, 6.07) is 5.88. The molecule has 2 amide bonds. The van der Waals surface area contributed by atoms with E-state index in [9.17, 15) is 18.0 Å². The van der Waals surface area contributed by atoms with Crippen LogP contribution >= 0.6 is 0 Å². The Morgan fingerprint density at radius 3 is 2.20 bits per heavy atom. The number of hydrogen-bond donors (Lipinski definition) is 1. The summed E-state index contributed by atoms with van der Waals surface area (Å²) in [6.07, 6.45) is 4.53. The molecule has 0 saturated carbocycles. The Labute approximate surface area is 149 Å². The normalized spacial score (nSPS) is 16.5. The van der Waals surface area contributed by atoms with E-state index in [0.717, 1.165) is 30.6 Å². The van der Waals surface area contributed by atoms with Gasteiger partial charge in [-0.15, -0.1) is 0 Å². The molecule has 7 heteroatoms. The molecule has 1 aromatic carbocycles. The first-order chi connectivity index (χ1) is 11.9. The standard InChI is InChI=1S/C18H26N2O4S/c1-3-5-6-14(4-2)13-19-25(23,24)16-9-7-15(8-10-16)20-17(21)11-12-18(20)22/h7-10,14,19H,3-6,11-13H2,1-2H3/t14-/m1/s1. The predicted molar refractivity (Wildman–Crippen MR) is 96.7 cm³/mol. The lowest BCUT2D eigenvalue weighted by Gasteiger charge is -2.16. The molecule has 25 heavy (non-hydrogen) atoms. The Morgan fingerprint density at radius 2 is 1.68 bits per heavy atom. The van der Waals surface area contributed by atoms with Gasteiger partial charge in [-0.2, -0.15) is 0 Å². The molecular formula is C18H26N2O4S. The number of carbonyl (C=O) groups is 2. The Hall–Kier alpha value is -1.73. The van der Waals surface area contributed by atoms with Crippen LogP contribution in [-0.4, -0.2) is 26.8 Å². The highest BCUT2D eigenvalue weighted by Crippen LogP contribution is 2.24. The minimum absolute atomic E-state index is 0.140. The summed E-state index contributed by atoms with van der Waals surface area (Å²) in [5, 5.41) is 0. The van der Waals surface area contributed by atoms with Crippen molar-refractivity contribution in [1.82, 2.24) is 4.72 Å². The summed E-state index contributed by atoms with van der Waals surface area (Å²) in [7, 11) is -3.60. The maximum atomic E-state index is 12.4. The molecule has 0 aliphatic carbocycles. The fraction of sp³-hybridized carbons (Fsp3) is 0.556. The highest BCUT2D eigenvalue weighted by atomic mass is 32.2. The van der Waals surface area contributed by atoms with Gasteiger partial charge in [0.2, 0.25) is 21.8 Å². The molecule has 0 unspecified atom stereocenters. The lowest BCUT2D eigenvalue weighted by molar-refractivity contribution is -0.121. The summed E-state index contributed by atoms with van der Waals surface area (Å²) in [6.45, 7) is 4.60. The van der Waals surface area contributed by atoms with E-state index in [1.165, 1.54) is 24.3 Å². The number of anilines is 1. The van der Waals surface area contributed by atoms with Crippen LogP contribution in [0, 0.1) is 5.92 Å². The smallest absolute Gasteiger partial charge is 0.240 e. The lowest BCUT2D eigenvalue weighted by atomic mass is 10.00. The zero-order valence-corrected chi connectivity index (χ0v) is 15.6. The van der Waals surface area contributed by atoms with Crippen LogP contribution in [-0.2, 0) is 19.6 Å². The van der Waals surface area contributed by atoms with Gasteiger partial charge in [-0.3, -0.25) is 14.5 Å². The molecule has 1 aliphatic rings. The van der Waals surface area contributed by atoms with Crippen LogP contribution in [0.5, 0.6) is 0 Å². The number of nitrogens with one attached hydrogen (secondary N) is 1. The SMILES string of the molecule is CCCC[C@@H](CC)CNS(=O)(=O)c1ccc(N2C(=O)CCC2=O)cc1. The Balaban J connectivity index is 2.04. The van der Waals surface area contributed by atoms with Crippen LogP contribution in [0.4, 0.5) is 5.69 Å². The second kappa shape index (κ2) is 8.58. The number of sulfonamides is 1. The van der Waals surface area contributed by atoms with Crippen molar-refractivity contribution >= 4 is 27.5 Å². The van der Waals surface area contributed by atoms with Crippen LogP contribution in [0.15, 0.2) is 29.2 Å². The van der Waals surface area contributed by atoms with Gasteiger partial charge >= 0.3 is 0 Å². The first-order valence-corrected chi connectivity index (χ1v) is 10.3. The predicted octanol–water partition coefficient (Wildman–Crippen LogP) is 2.83. The van der Waals surface area contributed by atoms with Gasteiger partial charge < -0.3 is 0 Å². The maximum Gasteiger partial charge on any atom is 0.240 e. The van der Waals surface area contributed by atoms with E-state index in [1.54, 1.807) is 0 Å². The number of hydrogen-bond acceptors (Lipinski definition) is 4. The molecule has 1 aromatic rings. The van der Waals surface area contributed by atoms with Crippen molar-refractivity contribution in [2.45, 2.75) is 57.3 Å². The molecule has 1 saturated heterocycles. The quantitative estimate of drug-likeness (QED) is 0.681. The van der Waals surface area contributed by atoms with Crippen LogP contribution in [0.3, 0.4) is 0 Å². The van der Waals surface area contributed by atoms with E-state index < -0.39 is 10.0 Å². The summed E-state index contributed by atoms with van der Waals surface area (Å²) >= 11 is 0. The van der Waals surface area contributed by atoms with Crippen molar-refractivity contribution in [3.05, 3.63) is 24.3 Å². The van der Waals surface area contributed by atoms with E-state index in [-0.39, 0.29) is 29.6 Å². The van der Waals surface area contributed by atoms with Crippen molar-refractivity contribution in [3.63, 3.8) is 0 Å². The van der Waals surface area contributed by atoms with E-state index in [1.807, 2.05) is 0 Å². The van der Waals surface area contributed by atoms with E-state index in [2.05, 4.69) is 18.6 Å². The first-order valence-electron chi connectivity index (χ1n) is 8.84. The molecule has 0 bridgehead atoms. The number of benzene rings is 1. The van der Waals surface area contributed by atoms with E-state index >= 15 is 0 Å². The van der Waals surface area contributed by atoms with Crippen molar-refractivity contribution in [1.29, 1.82) is 0 Å². The summed E-state index contributed by atoms with van der Waals surface area (Å²) in [5.41, 5.74) is 0.417. The summed E-state index contributed by atoms with van der Waals surface area (Å²) in [5.74, 6) is -0.172. The van der Waals surface area contributed by atoms with Gasteiger partial charge in [0.25, 0.3) is 0 Å². The molecule has 6 nitrogen and oxygen atoms in total. The summed E-state index contributed by atoms with van der Waals surface area (Å²) < 4.78 is 27.5. The van der Waals surface area contributed by atoms with Gasteiger partial charge in [0.15, 0.2) is 0 Å². The van der Waals surface area contributed by atoms with Crippen LogP contribution < -0.4 is 9.62 Å². The average Bonchev–Trinajstić information content (AvgIpc) is 2.94. The van der Waals surface area contributed by atoms with Crippen molar-refractivity contribution in [3.8, 4) is 0 Å². The van der Waals surface area contributed by atoms with Crippen molar-refractivity contribution < 1.29 is 18.0 Å². The van der Waals surface area contributed by atoms with Gasteiger partial charge in [-0.25, -0.2) is 13.1 Å². The lowest BCUT2D eigenvalue weighted by Crippen LogP contribution is -2.30. The van der Waals surface area contributed by atoms with Gasteiger partial charge in [0.1, 0.15) is 0 Å². The maximum absolute atomic E-state index is 12.4. The molecule has 1 aliphatic heterocycles. The van der Waals surface area contributed by atoms with E-state index in [0.29, 0.717) is 18.2 Å². The number of nitrogens with zero attached hydrogens (tertiary/aromatic N) is 1. The zero-order valence-electron chi connectivity index (χ0n) is 14.8. The molecule has 1 heterocycles. The van der Waals surface area contributed by atoms with Gasteiger partial charge in [0.05, 0.1) is 10.6 Å². The minimum Gasteiger partial charge on any atom is -0.274 e. The molecule has 1 atom stereocenters. The molecule has 2 rings (SSSR count). The summed E-state index contributed by atoms with van der Waals surface area (Å²) in [4.78, 5) is 24.7. The van der Waals surface area contributed by atoms with Gasteiger partial charge in [-0.1, -0.05) is 33.1 Å². The van der Waals surface area contributed by atoms with Crippen molar-refractivity contribution in [2.24, 2.45) is 5.92 Å². The van der Waals surface area contributed by atoms with Crippen LogP contribution in [0.1, 0.15) is 52.4 Å². The fourth-order valence-corrected chi connectivity index (χ4v) is 4.01. The monoisotopic (exact) mass is 366 g/mol. The average molecular weight is 366 g/mol. The molecule has 0 spiro atoms. The number of imide groups is 1. The number of carbonyl (C=O) groups excluding carboxylic acids is 2. The number of unbranched alkanes of at least 4 members (excludes halogenated alkanes) is 1. The Bertz CT molecular complexity index is 697. The molecule has 1 fully saturated rings.